The molecule has 0 amide bonds. The minimum Gasteiger partial charge on any atom is -0.508 e. The summed E-state index contributed by atoms with van der Waals surface area (Å²) >= 11 is 0. The number of halogens is 2. The molecule has 0 aliphatic rings. The Morgan fingerprint density at radius 2 is 1.82 bits per heavy atom. The minimum absolute atomic E-state index is 0.165. The van der Waals surface area contributed by atoms with Crippen LogP contribution < -0.4 is 4.94 Å². The van der Waals surface area contributed by atoms with Crippen LogP contribution in [0.5, 0.6) is 11.5 Å². The predicted octanol–water partition coefficient (Wildman–Crippen LogP) is 4.29. The van der Waals surface area contributed by atoms with Gasteiger partial charge in [0.1, 0.15) is 11.6 Å². The first kappa shape index (κ1) is 17.4. The fraction of sp³-hybridized carbons (Fsp3) is 0.188. The van der Waals surface area contributed by atoms with Crippen molar-refractivity contribution in [2.24, 2.45) is 0 Å². The highest BCUT2D eigenvalue weighted by Crippen LogP contribution is 2.32. The Bertz CT molecular complexity index is 642. The highest BCUT2D eigenvalue weighted by atomic mass is 19.3. The van der Waals surface area contributed by atoms with Crippen LogP contribution in [0, 0.1) is 5.82 Å². The molecule has 0 unspecified atom stereocenters. The molecule has 0 heterocycles. The molecule has 0 radical (unpaired) electrons. The Hall–Kier alpha value is -2.63. The summed E-state index contributed by atoms with van der Waals surface area (Å²) in [7, 11) is 0. The summed E-state index contributed by atoms with van der Waals surface area (Å²) in [6.45, 7) is 3.69. The quantitative estimate of drug-likeness (QED) is 0.830. The lowest BCUT2D eigenvalue weighted by Crippen LogP contribution is -1.91. The maximum Gasteiger partial charge on any atom is 0.290 e. The fourth-order valence-electron chi connectivity index (χ4n) is 1.91. The Morgan fingerprint density at radius 1 is 1.18 bits per heavy atom. The zero-order valence-corrected chi connectivity index (χ0v) is 12.1. The molecule has 2 rings (SSSR count). The van der Waals surface area contributed by atoms with Crippen molar-refractivity contribution in [3.05, 3.63) is 47.8 Å². The van der Waals surface area contributed by atoms with E-state index < -0.39 is 5.82 Å². The van der Waals surface area contributed by atoms with Crippen molar-refractivity contribution in [2.75, 3.05) is 0 Å². The van der Waals surface area contributed by atoms with Crippen LogP contribution in [-0.4, -0.2) is 16.7 Å². The Balaban J connectivity index is 0.000000745. The molecule has 0 aliphatic carbocycles. The summed E-state index contributed by atoms with van der Waals surface area (Å²) in [6, 6.07) is 8.66. The number of hydrogen-bond acceptors (Lipinski definition) is 3. The molecule has 0 spiro atoms. The molecule has 0 atom stereocenters. The van der Waals surface area contributed by atoms with Crippen LogP contribution in [0.3, 0.4) is 0 Å². The van der Waals surface area contributed by atoms with Crippen LogP contribution in [0.4, 0.5) is 8.92 Å². The highest BCUT2D eigenvalue weighted by Gasteiger charge is 2.10. The average Bonchev–Trinajstić information content (AvgIpc) is 2.47. The number of aromatic hydroxyl groups is 1. The van der Waals surface area contributed by atoms with Crippen LogP contribution in [-0.2, 0) is 4.79 Å². The first-order valence-corrected chi connectivity index (χ1v) is 6.43. The third-order valence-electron chi connectivity index (χ3n) is 2.95. The van der Waals surface area contributed by atoms with Gasteiger partial charge in [0.2, 0.25) is 0 Å². The van der Waals surface area contributed by atoms with Gasteiger partial charge in [0, 0.05) is 16.2 Å². The maximum absolute atomic E-state index is 14.0. The topological polar surface area (TPSA) is 66.8 Å². The second-order valence-electron chi connectivity index (χ2n) is 4.79. The average molecular weight is 310 g/mol. The van der Waals surface area contributed by atoms with E-state index in [4.69, 9.17) is 9.90 Å². The van der Waals surface area contributed by atoms with E-state index in [-0.39, 0.29) is 23.9 Å². The first-order valence-electron chi connectivity index (χ1n) is 6.43. The largest absolute Gasteiger partial charge is 0.508 e. The van der Waals surface area contributed by atoms with Crippen molar-refractivity contribution in [3.63, 3.8) is 0 Å². The number of carbonyl (C=O) groups is 1. The van der Waals surface area contributed by atoms with Gasteiger partial charge < -0.3 is 10.2 Å². The zero-order valence-electron chi connectivity index (χ0n) is 12.1. The van der Waals surface area contributed by atoms with E-state index in [1.165, 1.54) is 18.2 Å². The lowest BCUT2D eigenvalue weighted by molar-refractivity contribution is -0.122. The van der Waals surface area contributed by atoms with E-state index in [1.54, 1.807) is 6.07 Å². The lowest BCUT2D eigenvalue weighted by Gasteiger charge is -2.09. The van der Waals surface area contributed by atoms with E-state index >= 15 is 0 Å². The van der Waals surface area contributed by atoms with Gasteiger partial charge in [-0.1, -0.05) is 26.0 Å². The van der Waals surface area contributed by atoms with Crippen molar-refractivity contribution in [2.45, 2.75) is 19.8 Å². The lowest BCUT2D eigenvalue weighted by atomic mass is 9.98. The van der Waals surface area contributed by atoms with Crippen molar-refractivity contribution in [3.8, 4) is 22.6 Å². The molecule has 2 aromatic rings. The van der Waals surface area contributed by atoms with Gasteiger partial charge in [0.05, 0.1) is 0 Å². The molecule has 0 saturated heterocycles. The number of carboxylic acid groups (broad SMARTS) is 1. The van der Waals surface area contributed by atoms with Gasteiger partial charge in [-0.2, -0.15) is 0 Å². The number of hydrogen-bond donors (Lipinski definition) is 2. The van der Waals surface area contributed by atoms with Crippen LogP contribution in [0.15, 0.2) is 36.4 Å². The van der Waals surface area contributed by atoms with E-state index in [9.17, 15) is 14.0 Å². The predicted molar refractivity (Wildman–Crippen MR) is 78.0 cm³/mol. The highest BCUT2D eigenvalue weighted by molar-refractivity contribution is 5.68. The first-order chi connectivity index (χ1) is 10.4. The van der Waals surface area contributed by atoms with Gasteiger partial charge in [0.25, 0.3) is 6.47 Å². The van der Waals surface area contributed by atoms with Gasteiger partial charge >= 0.3 is 0 Å². The number of phenolic OH excluding ortho intramolecular Hbond substituents is 1. The van der Waals surface area contributed by atoms with E-state index in [1.807, 2.05) is 19.9 Å². The molecule has 0 saturated carbocycles. The van der Waals surface area contributed by atoms with Gasteiger partial charge in [-0.3, -0.25) is 9.74 Å². The molecule has 0 aromatic heterocycles. The normalized spacial score (nSPS) is 9.86. The van der Waals surface area contributed by atoms with Gasteiger partial charge in [0.15, 0.2) is 5.75 Å². The Morgan fingerprint density at radius 3 is 2.32 bits per heavy atom. The molecule has 6 heteroatoms. The van der Waals surface area contributed by atoms with Crippen LogP contribution in [0.25, 0.3) is 11.1 Å². The summed E-state index contributed by atoms with van der Waals surface area (Å²) in [5.74, 6) is -0.543. The summed E-state index contributed by atoms with van der Waals surface area (Å²) in [5.41, 5.74) is 1.53. The van der Waals surface area contributed by atoms with Crippen LogP contribution in [0.2, 0.25) is 0 Å². The molecule has 4 nitrogen and oxygen atoms in total. The third kappa shape index (κ3) is 4.44. The second-order valence-corrected chi connectivity index (χ2v) is 4.79. The number of rotatable bonds is 3. The van der Waals surface area contributed by atoms with E-state index in [0.29, 0.717) is 11.1 Å². The third-order valence-corrected chi connectivity index (χ3v) is 2.95. The van der Waals surface area contributed by atoms with Crippen molar-refractivity contribution >= 4 is 6.47 Å². The number of benzene rings is 2. The Labute approximate surface area is 126 Å². The van der Waals surface area contributed by atoms with E-state index in [0.717, 1.165) is 11.6 Å². The summed E-state index contributed by atoms with van der Waals surface area (Å²) in [4.78, 5) is 11.9. The number of phenols is 1. The molecule has 2 N–H and O–H groups in total. The Kier molecular flexibility index (Phi) is 6.31. The fourth-order valence-corrected chi connectivity index (χ4v) is 1.91. The minimum atomic E-state index is -0.415. The summed E-state index contributed by atoms with van der Waals surface area (Å²) in [6.07, 6.45) is 0. The SMILES string of the molecule is CC(C)c1ccc(-c2cc(O)cc(OF)c2)c(F)c1.O=CO. The van der Waals surface area contributed by atoms with Crippen LogP contribution in [0.1, 0.15) is 25.3 Å². The molecular formula is C16H16F2O4. The molecule has 0 aliphatic heterocycles. The van der Waals surface area contributed by atoms with Gasteiger partial charge in [-0.05, 0) is 35.2 Å². The van der Waals surface area contributed by atoms with Gasteiger partial charge in [-0.25, -0.2) is 4.39 Å². The molecule has 0 fully saturated rings. The van der Waals surface area contributed by atoms with Crippen molar-refractivity contribution in [1.82, 2.24) is 0 Å². The molecule has 2 aromatic carbocycles. The van der Waals surface area contributed by atoms with Crippen molar-refractivity contribution < 1.29 is 28.9 Å². The maximum atomic E-state index is 14.0. The molecule has 22 heavy (non-hydrogen) atoms. The monoisotopic (exact) mass is 310 g/mol. The smallest absolute Gasteiger partial charge is 0.290 e. The molecule has 0 bridgehead atoms. The second kappa shape index (κ2) is 7.97. The van der Waals surface area contributed by atoms with Gasteiger partial charge in [-0.15, -0.1) is 0 Å². The summed E-state index contributed by atoms with van der Waals surface area (Å²) in [5, 5.41) is 16.3. The molecule has 118 valence electrons. The zero-order chi connectivity index (χ0) is 16.7. The van der Waals surface area contributed by atoms with E-state index in [2.05, 4.69) is 4.94 Å². The van der Waals surface area contributed by atoms with Crippen molar-refractivity contribution in [1.29, 1.82) is 0 Å². The standard InChI is InChI=1S/C15H14F2O2.CH2O2/c1-9(2)10-3-4-14(15(16)7-10)11-5-12(18)8-13(6-11)19-17;2-1-3/h3-9,18H,1-2H3;1H,(H,2,3). The summed E-state index contributed by atoms with van der Waals surface area (Å²) < 4.78 is 26.2. The molecular weight excluding hydrogens is 294 g/mol. The van der Waals surface area contributed by atoms with Crippen LogP contribution >= 0.6 is 0 Å².